The van der Waals surface area contributed by atoms with E-state index >= 15 is 0 Å². The van der Waals surface area contributed by atoms with Crippen LogP contribution in [0.3, 0.4) is 0 Å². The van der Waals surface area contributed by atoms with Gasteiger partial charge in [-0.2, -0.15) is 5.26 Å². The minimum Gasteiger partial charge on any atom is -0.307 e. The Hall–Kier alpha value is -8.14. The highest BCUT2D eigenvalue weighted by atomic mass is 32.1. The van der Waals surface area contributed by atoms with Gasteiger partial charge in [0.15, 0.2) is 0 Å². The highest BCUT2D eigenvalue weighted by molar-refractivity contribution is 7.27. The number of hydrogen-bond acceptors (Lipinski definition) is 5. The van der Waals surface area contributed by atoms with Gasteiger partial charge in [0.25, 0.3) is 0 Å². The molecule has 0 atom stereocenters. The van der Waals surface area contributed by atoms with Crippen LogP contribution in [-0.2, 0) is 0 Å². The van der Waals surface area contributed by atoms with Crippen LogP contribution < -0.4 is 0 Å². The summed E-state index contributed by atoms with van der Waals surface area (Å²) >= 11 is 3.53. The first kappa shape index (κ1) is 34.7. The first-order valence-electron chi connectivity index (χ1n) is 20.2. The second-order valence-electron chi connectivity index (χ2n) is 15.4. The van der Waals surface area contributed by atoms with Crippen LogP contribution in [0.2, 0.25) is 0 Å². The molecule has 0 aliphatic carbocycles. The Labute approximate surface area is 361 Å². The van der Waals surface area contributed by atoms with E-state index in [1.165, 1.54) is 20.2 Å². The molecule has 6 nitrogen and oxygen atoms in total. The van der Waals surface area contributed by atoms with E-state index in [4.69, 9.17) is 0 Å². The van der Waals surface area contributed by atoms with Crippen molar-refractivity contribution in [2.24, 2.45) is 0 Å². The van der Waals surface area contributed by atoms with Gasteiger partial charge in [0.1, 0.15) is 6.07 Å². The molecule has 6 heterocycles. The second-order valence-corrected chi connectivity index (χ2v) is 17.5. The lowest BCUT2D eigenvalue weighted by molar-refractivity contribution is 1.13. The van der Waals surface area contributed by atoms with Gasteiger partial charge in [0.05, 0.1) is 55.0 Å². The summed E-state index contributed by atoms with van der Waals surface area (Å²) in [4.78, 5) is 13.4. The molecule has 0 saturated carbocycles. The van der Waals surface area contributed by atoms with Gasteiger partial charge in [0.2, 0.25) is 5.69 Å². The van der Waals surface area contributed by atoms with Crippen molar-refractivity contribution in [3.05, 3.63) is 187 Å². The van der Waals surface area contributed by atoms with Crippen LogP contribution in [0.25, 0.3) is 122 Å². The Morgan fingerprint density at radius 1 is 0.468 bits per heavy atom. The van der Waals surface area contributed by atoms with Gasteiger partial charge >= 0.3 is 0 Å². The third-order valence-electron chi connectivity index (χ3n) is 12.4. The van der Waals surface area contributed by atoms with Crippen LogP contribution in [0.4, 0.5) is 5.69 Å². The van der Waals surface area contributed by atoms with Gasteiger partial charge in [0, 0.05) is 88.4 Å². The third kappa shape index (κ3) is 4.65. The van der Waals surface area contributed by atoms with Crippen molar-refractivity contribution in [3.8, 4) is 39.7 Å². The number of fused-ring (bicyclic) bond motifs is 14. The van der Waals surface area contributed by atoms with E-state index in [1.54, 1.807) is 47.5 Å². The standard InChI is InChI=1S/C54H28N6S2/c1-56-48-46(31-22-26-57-27-23-31)49(59-42-14-6-2-10-33(42)37-18-20-39-35-12-4-8-16-44(35)61-53(39)51(37)59)41(30-55)50(47(48)32-24-28-58-29-25-32)60-43-15-7-3-11-34(43)38-19-21-40-36-13-5-9-17-45(36)62-54(40)52(38)60/h2-29H. The molecular formula is C54H28N6S2. The first-order valence-corrected chi connectivity index (χ1v) is 21.9. The Morgan fingerprint density at radius 3 is 1.31 bits per heavy atom. The lowest BCUT2D eigenvalue weighted by Gasteiger charge is -2.25. The van der Waals surface area contributed by atoms with Gasteiger partial charge in [-0.05, 0) is 59.7 Å². The number of para-hydroxylation sites is 2. The van der Waals surface area contributed by atoms with Crippen LogP contribution in [0.1, 0.15) is 5.56 Å². The largest absolute Gasteiger partial charge is 0.307 e. The lowest BCUT2D eigenvalue weighted by atomic mass is 9.89. The normalized spacial score (nSPS) is 11.8. The quantitative estimate of drug-likeness (QED) is 0.166. The molecule has 0 amide bonds. The average molecular weight is 825 g/mol. The van der Waals surface area contributed by atoms with Gasteiger partial charge < -0.3 is 9.13 Å². The maximum absolute atomic E-state index is 12.2. The molecule has 8 heteroatoms. The molecule has 0 unspecified atom stereocenters. The SMILES string of the molecule is [C-]#[N+]c1c(-c2ccncc2)c(-n2c3ccccc3c3ccc4c5ccccc5sc4c32)c(C#N)c(-n2c3ccccc3c3ccc4c5ccccc5sc4c32)c1-c1ccncc1. The zero-order valence-electron chi connectivity index (χ0n) is 32.7. The zero-order valence-corrected chi connectivity index (χ0v) is 34.3. The van der Waals surface area contributed by atoms with Gasteiger partial charge in [-0.15, -0.1) is 22.7 Å². The van der Waals surface area contributed by atoms with E-state index in [0.29, 0.717) is 33.8 Å². The smallest absolute Gasteiger partial charge is 0.206 e. The summed E-state index contributed by atoms with van der Waals surface area (Å²) in [5.74, 6) is 0. The van der Waals surface area contributed by atoms with Crippen LogP contribution in [0.5, 0.6) is 0 Å². The fraction of sp³-hybridized carbons (Fsp3) is 0. The summed E-state index contributed by atoms with van der Waals surface area (Å²) in [7, 11) is 0. The summed E-state index contributed by atoms with van der Waals surface area (Å²) in [5.41, 5.74) is 9.05. The van der Waals surface area contributed by atoms with Crippen molar-refractivity contribution < 1.29 is 0 Å². The van der Waals surface area contributed by atoms with Crippen molar-refractivity contribution in [1.29, 1.82) is 5.26 Å². The Kier molecular flexibility index (Phi) is 7.38. The topological polar surface area (TPSA) is 63.8 Å². The monoisotopic (exact) mass is 824 g/mol. The van der Waals surface area contributed by atoms with E-state index < -0.39 is 0 Å². The van der Waals surface area contributed by atoms with E-state index in [9.17, 15) is 11.8 Å². The van der Waals surface area contributed by atoms with Crippen molar-refractivity contribution in [1.82, 2.24) is 19.1 Å². The van der Waals surface area contributed by atoms with E-state index in [-0.39, 0.29) is 0 Å². The van der Waals surface area contributed by atoms with Crippen molar-refractivity contribution in [2.75, 3.05) is 0 Å². The Bertz CT molecular complexity index is 3870. The molecule has 0 saturated heterocycles. The van der Waals surface area contributed by atoms with Crippen molar-refractivity contribution in [2.45, 2.75) is 0 Å². The van der Waals surface area contributed by atoms with Crippen LogP contribution >= 0.6 is 22.7 Å². The maximum Gasteiger partial charge on any atom is 0.206 e. The predicted octanol–water partition coefficient (Wildman–Crippen LogP) is 15.2. The molecule has 0 bridgehead atoms. The number of pyridine rings is 2. The summed E-state index contributed by atoms with van der Waals surface area (Å²) in [6.07, 6.45) is 7.06. The van der Waals surface area contributed by atoms with Gasteiger partial charge in [-0.25, -0.2) is 4.85 Å². The number of nitrogens with zero attached hydrogens (tertiary/aromatic N) is 6. The van der Waals surface area contributed by atoms with Crippen LogP contribution in [0.15, 0.2) is 170 Å². The molecule has 0 N–H and O–H groups in total. The van der Waals surface area contributed by atoms with Crippen LogP contribution in [0, 0.1) is 17.9 Å². The molecule has 62 heavy (non-hydrogen) atoms. The maximum atomic E-state index is 12.2. The molecule has 0 radical (unpaired) electrons. The molecule has 0 fully saturated rings. The molecule has 0 spiro atoms. The summed E-state index contributed by atoms with van der Waals surface area (Å²) in [6, 6.07) is 53.6. The molecule has 286 valence electrons. The fourth-order valence-electron chi connectivity index (χ4n) is 9.89. The third-order valence-corrected chi connectivity index (χ3v) is 14.8. The van der Waals surface area contributed by atoms with E-state index in [0.717, 1.165) is 74.9 Å². The minimum atomic E-state index is 0.440. The Balaban J connectivity index is 1.33. The Morgan fingerprint density at radius 2 is 0.871 bits per heavy atom. The number of rotatable bonds is 4. The van der Waals surface area contributed by atoms with Crippen LogP contribution in [-0.4, -0.2) is 19.1 Å². The van der Waals surface area contributed by atoms with E-state index in [1.807, 2.05) is 24.3 Å². The number of hydrogen-bond donors (Lipinski definition) is 0. The van der Waals surface area contributed by atoms with E-state index in [2.05, 4.69) is 151 Å². The molecule has 7 aromatic carbocycles. The zero-order chi connectivity index (χ0) is 41.1. The molecule has 0 aliphatic heterocycles. The lowest BCUT2D eigenvalue weighted by Crippen LogP contribution is -2.09. The highest BCUT2D eigenvalue weighted by Gasteiger charge is 2.32. The molecule has 13 aromatic rings. The minimum absolute atomic E-state index is 0.440. The molecule has 6 aromatic heterocycles. The summed E-state index contributed by atoms with van der Waals surface area (Å²) < 4.78 is 9.20. The predicted molar refractivity (Wildman–Crippen MR) is 258 cm³/mol. The average Bonchev–Trinajstić information content (AvgIpc) is 4.09. The highest BCUT2D eigenvalue weighted by Crippen LogP contribution is 2.54. The number of thiophene rings is 2. The van der Waals surface area contributed by atoms with Gasteiger partial charge in [-0.1, -0.05) is 97.1 Å². The number of aromatic nitrogens is 4. The van der Waals surface area contributed by atoms with Crippen molar-refractivity contribution >= 4 is 112 Å². The molecular weight excluding hydrogens is 797 g/mol. The molecule has 0 aliphatic rings. The second kappa shape index (κ2) is 13.2. The molecule has 13 rings (SSSR count). The fourth-order valence-corrected chi connectivity index (χ4v) is 12.4. The van der Waals surface area contributed by atoms with Crippen molar-refractivity contribution in [3.63, 3.8) is 0 Å². The first-order chi connectivity index (χ1) is 30.7. The van der Waals surface area contributed by atoms with Gasteiger partial charge in [-0.3, -0.25) is 9.97 Å². The summed E-state index contributed by atoms with van der Waals surface area (Å²) in [6.45, 7) is 9.25. The number of nitriles is 1. The summed E-state index contributed by atoms with van der Waals surface area (Å²) in [5, 5.41) is 21.2. The number of benzene rings is 7.